The summed E-state index contributed by atoms with van der Waals surface area (Å²) in [6.07, 6.45) is 4.91. The van der Waals surface area contributed by atoms with Crippen molar-refractivity contribution in [3.8, 4) is 5.69 Å². The first-order valence-corrected chi connectivity index (χ1v) is 9.76. The highest BCUT2D eigenvalue weighted by Gasteiger charge is 2.30. The summed E-state index contributed by atoms with van der Waals surface area (Å²) >= 11 is 0. The Hall–Kier alpha value is -3.07. The fraction of sp³-hybridized carbons (Fsp3) is 0.450. The number of carbonyl (C=O) groups excluding carboxylic acids is 1. The summed E-state index contributed by atoms with van der Waals surface area (Å²) in [6.45, 7) is 6.43. The van der Waals surface area contributed by atoms with E-state index in [1.807, 2.05) is 30.0 Å². The highest BCUT2D eigenvalue weighted by molar-refractivity contribution is 5.97. The van der Waals surface area contributed by atoms with Crippen LogP contribution in [0, 0.1) is 6.92 Å². The first-order chi connectivity index (χ1) is 13.8. The van der Waals surface area contributed by atoms with Gasteiger partial charge in [0.1, 0.15) is 11.3 Å². The SMILES string of the molecule is Cc1nn(C2CCCN(C(=O)c3ccccc3-n3nccn3)C2)nc1C(C)(C)O. The highest BCUT2D eigenvalue weighted by Crippen LogP contribution is 2.26. The number of aromatic nitrogens is 6. The van der Waals surface area contributed by atoms with Crippen molar-refractivity contribution in [3.63, 3.8) is 0 Å². The number of benzene rings is 1. The number of aliphatic hydroxyl groups is 1. The number of rotatable bonds is 4. The van der Waals surface area contributed by atoms with Gasteiger partial charge in [-0.2, -0.15) is 30.0 Å². The number of aryl methyl sites for hydroxylation is 1. The topological polar surface area (TPSA) is 102 Å². The number of amides is 1. The molecule has 3 heterocycles. The molecule has 2 aromatic heterocycles. The van der Waals surface area contributed by atoms with Gasteiger partial charge in [-0.15, -0.1) is 0 Å². The summed E-state index contributed by atoms with van der Waals surface area (Å²) in [7, 11) is 0. The molecule has 1 atom stereocenters. The number of hydrogen-bond donors (Lipinski definition) is 1. The summed E-state index contributed by atoms with van der Waals surface area (Å²) in [6, 6.07) is 7.31. The molecule has 1 amide bonds. The van der Waals surface area contributed by atoms with Gasteiger partial charge in [0, 0.05) is 13.1 Å². The van der Waals surface area contributed by atoms with Gasteiger partial charge >= 0.3 is 0 Å². The molecule has 1 aromatic carbocycles. The van der Waals surface area contributed by atoms with Crippen LogP contribution in [0.2, 0.25) is 0 Å². The predicted octanol–water partition coefficient (Wildman–Crippen LogP) is 1.87. The average Bonchev–Trinajstić information content (AvgIpc) is 3.37. The molecule has 0 aliphatic carbocycles. The van der Waals surface area contributed by atoms with E-state index in [2.05, 4.69) is 20.4 Å². The van der Waals surface area contributed by atoms with E-state index in [1.165, 1.54) is 4.80 Å². The van der Waals surface area contributed by atoms with Crippen molar-refractivity contribution in [2.75, 3.05) is 13.1 Å². The summed E-state index contributed by atoms with van der Waals surface area (Å²) in [5.74, 6) is -0.0609. The standard InChI is InChI=1S/C20H25N7O2/c1-14-18(20(2,3)29)24-26(23-14)15-7-6-12-25(13-15)19(28)16-8-4-5-9-17(16)27-21-10-11-22-27/h4-5,8-11,15,29H,6-7,12-13H2,1-3H3. The van der Waals surface area contributed by atoms with E-state index >= 15 is 0 Å². The Morgan fingerprint density at radius 3 is 2.59 bits per heavy atom. The van der Waals surface area contributed by atoms with Crippen molar-refractivity contribution in [1.82, 2.24) is 34.9 Å². The van der Waals surface area contributed by atoms with Crippen LogP contribution in [0.3, 0.4) is 0 Å². The molecule has 0 saturated carbocycles. The molecule has 0 radical (unpaired) electrons. The Bertz CT molecular complexity index is 1000. The van der Waals surface area contributed by atoms with Gasteiger partial charge in [0.05, 0.1) is 35.4 Å². The first kappa shape index (κ1) is 19.3. The Balaban J connectivity index is 1.58. The Labute approximate surface area is 168 Å². The van der Waals surface area contributed by atoms with E-state index in [4.69, 9.17) is 0 Å². The zero-order valence-corrected chi connectivity index (χ0v) is 16.9. The van der Waals surface area contributed by atoms with E-state index < -0.39 is 5.60 Å². The number of likely N-dealkylation sites (tertiary alicyclic amines) is 1. The van der Waals surface area contributed by atoms with Crippen LogP contribution >= 0.6 is 0 Å². The molecule has 9 heteroatoms. The van der Waals surface area contributed by atoms with Gasteiger partial charge in [0.15, 0.2) is 0 Å². The minimum atomic E-state index is -1.05. The van der Waals surface area contributed by atoms with Crippen molar-refractivity contribution in [1.29, 1.82) is 0 Å². The predicted molar refractivity (Wildman–Crippen MR) is 106 cm³/mol. The summed E-state index contributed by atoms with van der Waals surface area (Å²) in [5, 5.41) is 27.6. The maximum Gasteiger partial charge on any atom is 0.256 e. The molecule has 0 bridgehead atoms. The highest BCUT2D eigenvalue weighted by atomic mass is 16.3. The lowest BCUT2D eigenvalue weighted by molar-refractivity contribution is 0.0640. The minimum absolute atomic E-state index is 0.0301. The summed E-state index contributed by atoms with van der Waals surface area (Å²) in [5.41, 5.74) is 1.43. The van der Waals surface area contributed by atoms with Crippen LogP contribution in [0.1, 0.15) is 54.5 Å². The smallest absolute Gasteiger partial charge is 0.256 e. The second-order valence-electron chi connectivity index (χ2n) is 7.90. The number of para-hydroxylation sites is 1. The van der Waals surface area contributed by atoms with E-state index in [1.54, 1.807) is 37.1 Å². The van der Waals surface area contributed by atoms with Crippen LogP contribution in [-0.4, -0.2) is 59.0 Å². The van der Waals surface area contributed by atoms with E-state index in [9.17, 15) is 9.90 Å². The molecule has 1 fully saturated rings. The van der Waals surface area contributed by atoms with Crippen molar-refractivity contribution >= 4 is 5.91 Å². The Morgan fingerprint density at radius 1 is 1.17 bits per heavy atom. The number of piperidine rings is 1. The summed E-state index contributed by atoms with van der Waals surface area (Å²) in [4.78, 5) is 18.2. The van der Waals surface area contributed by atoms with Crippen LogP contribution in [0.15, 0.2) is 36.7 Å². The zero-order valence-electron chi connectivity index (χ0n) is 16.9. The average molecular weight is 395 g/mol. The van der Waals surface area contributed by atoms with Crippen LogP contribution in [0.4, 0.5) is 0 Å². The lowest BCUT2D eigenvalue weighted by atomic mass is 10.0. The van der Waals surface area contributed by atoms with E-state index in [0.29, 0.717) is 35.7 Å². The molecule has 1 aliphatic heterocycles. The number of carbonyl (C=O) groups is 1. The van der Waals surface area contributed by atoms with Crippen LogP contribution in [0.25, 0.3) is 5.69 Å². The lowest BCUT2D eigenvalue weighted by Gasteiger charge is -2.32. The fourth-order valence-corrected chi connectivity index (χ4v) is 3.79. The normalized spacial score (nSPS) is 17.5. The molecule has 1 N–H and O–H groups in total. The van der Waals surface area contributed by atoms with Crippen LogP contribution < -0.4 is 0 Å². The lowest BCUT2D eigenvalue weighted by Crippen LogP contribution is -2.41. The fourth-order valence-electron chi connectivity index (χ4n) is 3.79. The maximum absolute atomic E-state index is 13.3. The second-order valence-corrected chi connectivity index (χ2v) is 7.90. The molecule has 29 heavy (non-hydrogen) atoms. The van der Waals surface area contributed by atoms with Gasteiger partial charge in [0.2, 0.25) is 0 Å². The van der Waals surface area contributed by atoms with Crippen molar-refractivity contribution in [2.24, 2.45) is 0 Å². The molecule has 9 nitrogen and oxygen atoms in total. The molecule has 3 aromatic rings. The largest absolute Gasteiger partial charge is 0.384 e. The third kappa shape index (κ3) is 3.77. The van der Waals surface area contributed by atoms with Gasteiger partial charge in [0.25, 0.3) is 5.91 Å². The van der Waals surface area contributed by atoms with Crippen molar-refractivity contribution in [2.45, 2.75) is 45.3 Å². The quantitative estimate of drug-likeness (QED) is 0.724. The third-order valence-corrected chi connectivity index (χ3v) is 5.16. The molecule has 4 rings (SSSR count). The molecular formula is C20H25N7O2. The van der Waals surface area contributed by atoms with Crippen LogP contribution in [0.5, 0.6) is 0 Å². The number of hydrogen-bond acceptors (Lipinski definition) is 6. The maximum atomic E-state index is 13.3. The van der Waals surface area contributed by atoms with Crippen LogP contribution in [-0.2, 0) is 5.60 Å². The Kier molecular flexibility index (Phi) is 4.91. The van der Waals surface area contributed by atoms with E-state index in [0.717, 1.165) is 12.8 Å². The van der Waals surface area contributed by atoms with Gasteiger partial charge in [-0.05, 0) is 45.7 Å². The molecule has 1 saturated heterocycles. The molecular weight excluding hydrogens is 370 g/mol. The minimum Gasteiger partial charge on any atom is -0.384 e. The van der Waals surface area contributed by atoms with Crippen molar-refractivity contribution < 1.29 is 9.90 Å². The van der Waals surface area contributed by atoms with Gasteiger partial charge in [-0.1, -0.05) is 12.1 Å². The monoisotopic (exact) mass is 395 g/mol. The molecule has 1 unspecified atom stereocenters. The van der Waals surface area contributed by atoms with Gasteiger partial charge in [-0.25, -0.2) is 0 Å². The molecule has 0 spiro atoms. The zero-order chi connectivity index (χ0) is 20.6. The van der Waals surface area contributed by atoms with Gasteiger partial charge in [-0.3, -0.25) is 4.79 Å². The molecule has 1 aliphatic rings. The first-order valence-electron chi connectivity index (χ1n) is 9.76. The van der Waals surface area contributed by atoms with Gasteiger partial charge < -0.3 is 10.0 Å². The second kappa shape index (κ2) is 7.40. The molecule has 152 valence electrons. The van der Waals surface area contributed by atoms with E-state index in [-0.39, 0.29) is 11.9 Å². The third-order valence-electron chi connectivity index (χ3n) is 5.16. The Morgan fingerprint density at radius 2 is 1.90 bits per heavy atom. The number of nitrogens with zero attached hydrogens (tertiary/aromatic N) is 7. The summed E-state index contributed by atoms with van der Waals surface area (Å²) < 4.78 is 0. The van der Waals surface area contributed by atoms with Crippen molar-refractivity contribution in [3.05, 3.63) is 53.6 Å².